The van der Waals surface area contributed by atoms with Crippen LogP contribution in [-0.2, 0) is 0 Å². The van der Waals surface area contributed by atoms with Crippen molar-refractivity contribution < 1.29 is 4.39 Å². The van der Waals surface area contributed by atoms with E-state index in [2.05, 4.69) is 15.9 Å². The Morgan fingerprint density at radius 1 is 1.40 bits per heavy atom. The van der Waals surface area contributed by atoms with Crippen LogP contribution in [0.15, 0.2) is 22.7 Å². The molecule has 0 aromatic heterocycles. The lowest BCUT2D eigenvalue weighted by molar-refractivity contribution is 0.593. The molecule has 0 unspecified atom stereocenters. The van der Waals surface area contributed by atoms with E-state index in [0.29, 0.717) is 11.0 Å². The van der Waals surface area contributed by atoms with Crippen LogP contribution in [-0.4, -0.2) is 6.54 Å². The fourth-order valence-corrected chi connectivity index (χ4v) is 1.49. The largest absolute Gasteiger partial charge is 0.330 e. The van der Waals surface area contributed by atoms with Crippen LogP contribution < -0.4 is 11.5 Å². The van der Waals surface area contributed by atoms with E-state index in [0.717, 1.165) is 18.4 Å². The molecule has 0 bridgehead atoms. The third-order valence-electron chi connectivity index (χ3n) is 2.09. The van der Waals surface area contributed by atoms with Crippen molar-refractivity contribution in [2.24, 2.45) is 11.5 Å². The quantitative estimate of drug-likeness (QED) is 0.898. The van der Waals surface area contributed by atoms with Crippen LogP contribution in [0.4, 0.5) is 4.39 Å². The van der Waals surface area contributed by atoms with Gasteiger partial charge in [0.25, 0.3) is 0 Å². The monoisotopic (exact) mass is 296 g/mol. The Bertz CT molecular complexity index is 309. The lowest BCUT2D eigenvalue weighted by atomic mass is 10.0. The van der Waals surface area contributed by atoms with Gasteiger partial charge in [-0.25, -0.2) is 4.39 Å². The van der Waals surface area contributed by atoms with E-state index in [1.165, 1.54) is 6.07 Å². The number of benzene rings is 1. The Morgan fingerprint density at radius 3 is 2.60 bits per heavy atom. The fourth-order valence-electron chi connectivity index (χ4n) is 1.25. The van der Waals surface area contributed by atoms with Crippen molar-refractivity contribution in [1.82, 2.24) is 0 Å². The highest BCUT2D eigenvalue weighted by Crippen LogP contribution is 2.21. The summed E-state index contributed by atoms with van der Waals surface area (Å²) in [6.07, 6.45) is 1.65. The van der Waals surface area contributed by atoms with Crippen LogP contribution in [0.5, 0.6) is 0 Å². The van der Waals surface area contributed by atoms with E-state index in [1.54, 1.807) is 6.07 Å². The van der Waals surface area contributed by atoms with Gasteiger partial charge in [0.05, 0.1) is 4.47 Å². The predicted molar refractivity (Wildman–Crippen MR) is 66.6 cm³/mol. The minimum atomic E-state index is -0.273. The van der Waals surface area contributed by atoms with Crippen LogP contribution >= 0.6 is 28.3 Å². The maximum absolute atomic E-state index is 13.1. The maximum atomic E-state index is 13.1. The molecule has 0 aliphatic rings. The summed E-state index contributed by atoms with van der Waals surface area (Å²) in [7, 11) is 0. The van der Waals surface area contributed by atoms with E-state index >= 15 is 0 Å². The number of hydrogen-bond donors (Lipinski definition) is 2. The summed E-state index contributed by atoms with van der Waals surface area (Å²) in [6, 6.07) is 4.84. The Hall–Kier alpha value is -0.160. The molecular weight excluding hydrogens is 282 g/mol. The first-order valence-corrected chi connectivity index (χ1v) is 5.35. The van der Waals surface area contributed by atoms with Gasteiger partial charge in [-0.1, -0.05) is 6.07 Å². The minimum Gasteiger partial charge on any atom is -0.330 e. The molecule has 2 nitrogen and oxygen atoms in total. The molecule has 0 radical (unpaired) electrons. The molecular formula is C10H15BrClFN2. The topological polar surface area (TPSA) is 52.0 Å². The lowest BCUT2D eigenvalue weighted by Crippen LogP contribution is -2.12. The van der Waals surface area contributed by atoms with E-state index in [9.17, 15) is 4.39 Å². The number of rotatable bonds is 4. The lowest BCUT2D eigenvalue weighted by Gasteiger charge is -2.11. The highest BCUT2D eigenvalue weighted by molar-refractivity contribution is 9.10. The molecule has 15 heavy (non-hydrogen) atoms. The Kier molecular flexibility index (Phi) is 7.09. The summed E-state index contributed by atoms with van der Waals surface area (Å²) in [4.78, 5) is 0. The Morgan fingerprint density at radius 2 is 2.07 bits per heavy atom. The second-order valence-corrected chi connectivity index (χ2v) is 4.07. The van der Waals surface area contributed by atoms with Crippen molar-refractivity contribution in [2.75, 3.05) is 6.54 Å². The molecule has 1 aromatic carbocycles. The molecule has 0 saturated heterocycles. The first-order chi connectivity index (χ1) is 6.65. The van der Waals surface area contributed by atoms with Crippen LogP contribution in [0.1, 0.15) is 24.4 Å². The first-order valence-electron chi connectivity index (χ1n) is 4.55. The molecule has 0 aliphatic carbocycles. The van der Waals surface area contributed by atoms with Gasteiger partial charge in [-0.05, 0) is 53.0 Å². The van der Waals surface area contributed by atoms with Crippen molar-refractivity contribution >= 4 is 28.3 Å². The predicted octanol–water partition coefficient (Wildman–Crippen LogP) is 2.75. The molecule has 0 aliphatic heterocycles. The number of halogens is 3. The zero-order valence-corrected chi connectivity index (χ0v) is 10.7. The van der Waals surface area contributed by atoms with Crippen molar-refractivity contribution in [2.45, 2.75) is 18.9 Å². The van der Waals surface area contributed by atoms with Crippen LogP contribution in [0, 0.1) is 5.82 Å². The highest BCUT2D eigenvalue weighted by Gasteiger charge is 2.07. The van der Waals surface area contributed by atoms with Gasteiger partial charge in [0.2, 0.25) is 0 Å². The third kappa shape index (κ3) is 4.47. The van der Waals surface area contributed by atoms with Crippen molar-refractivity contribution in [3.05, 3.63) is 34.1 Å². The molecule has 0 fully saturated rings. The normalized spacial score (nSPS) is 12.0. The molecule has 86 valence electrons. The summed E-state index contributed by atoms with van der Waals surface area (Å²) < 4.78 is 13.6. The molecule has 4 N–H and O–H groups in total. The van der Waals surface area contributed by atoms with Gasteiger partial charge >= 0.3 is 0 Å². The van der Waals surface area contributed by atoms with E-state index in [4.69, 9.17) is 11.5 Å². The minimum absolute atomic E-state index is 0. The van der Waals surface area contributed by atoms with E-state index in [1.807, 2.05) is 6.07 Å². The van der Waals surface area contributed by atoms with Crippen LogP contribution in [0.25, 0.3) is 0 Å². The smallest absolute Gasteiger partial charge is 0.137 e. The second kappa shape index (κ2) is 7.17. The highest BCUT2D eigenvalue weighted by atomic mass is 79.9. The molecule has 0 saturated carbocycles. The van der Waals surface area contributed by atoms with Crippen molar-refractivity contribution in [3.8, 4) is 0 Å². The zero-order valence-electron chi connectivity index (χ0n) is 8.25. The summed E-state index contributed by atoms with van der Waals surface area (Å²) in [5.74, 6) is -0.273. The standard InChI is InChI=1S/C10H14BrFN2.ClH/c11-8-4-3-7(6-9(8)12)10(14)2-1-5-13;/h3-4,6,10H,1-2,5,13-14H2;1H/t10-;/m1./s1. The van der Waals surface area contributed by atoms with Gasteiger partial charge in [0.1, 0.15) is 5.82 Å². The average Bonchev–Trinajstić information content (AvgIpc) is 2.18. The summed E-state index contributed by atoms with van der Waals surface area (Å²) in [5.41, 5.74) is 12.1. The molecule has 0 heterocycles. The second-order valence-electron chi connectivity index (χ2n) is 3.21. The Labute approximate surface area is 104 Å². The summed E-state index contributed by atoms with van der Waals surface area (Å²) in [5, 5.41) is 0. The molecule has 1 atom stereocenters. The number of nitrogens with two attached hydrogens (primary N) is 2. The number of hydrogen-bond acceptors (Lipinski definition) is 2. The summed E-state index contributed by atoms with van der Waals surface area (Å²) in [6.45, 7) is 0.618. The molecule has 0 spiro atoms. The molecule has 5 heteroatoms. The van der Waals surface area contributed by atoms with Crippen molar-refractivity contribution in [1.29, 1.82) is 0 Å². The van der Waals surface area contributed by atoms with Gasteiger partial charge in [0.15, 0.2) is 0 Å². The van der Waals surface area contributed by atoms with Gasteiger partial charge < -0.3 is 11.5 Å². The molecule has 1 aromatic rings. The van der Waals surface area contributed by atoms with E-state index < -0.39 is 0 Å². The fraction of sp³-hybridized carbons (Fsp3) is 0.400. The third-order valence-corrected chi connectivity index (χ3v) is 2.73. The van der Waals surface area contributed by atoms with Crippen LogP contribution in [0.2, 0.25) is 0 Å². The maximum Gasteiger partial charge on any atom is 0.137 e. The average molecular weight is 298 g/mol. The van der Waals surface area contributed by atoms with Gasteiger partial charge in [-0.3, -0.25) is 0 Å². The SMILES string of the molecule is Cl.NCCC[C@@H](N)c1ccc(Br)c(F)c1. The van der Waals surface area contributed by atoms with Crippen molar-refractivity contribution in [3.63, 3.8) is 0 Å². The Balaban J connectivity index is 0.00000196. The zero-order chi connectivity index (χ0) is 10.6. The van der Waals surface area contributed by atoms with Gasteiger partial charge in [-0.2, -0.15) is 0 Å². The van der Waals surface area contributed by atoms with Gasteiger partial charge in [-0.15, -0.1) is 12.4 Å². The van der Waals surface area contributed by atoms with Gasteiger partial charge in [0, 0.05) is 6.04 Å². The van der Waals surface area contributed by atoms with E-state index in [-0.39, 0.29) is 24.3 Å². The molecule has 1 rings (SSSR count). The first kappa shape index (κ1) is 14.8. The van der Waals surface area contributed by atoms with Crippen LogP contribution in [0.3, 0.4) is 0 Å². The molecule has 0 amide bonds. The summed E-state index contributed by atoms with van der Waals surface area (Å²) >= 11 is 3.10.